The lowest BCUT2D eigenvalue weighted by Gasteiger charge is -2.39. The van der Waals surface area contributed by atoms with Gasteiger partial charge in [0.15, 0.2) is 11.5 Å². The van der Waals surface area contributed by atoms with Crippen LogP contribution in [-0.2, 0) is 11.3 Å². The first kappa shape index (κ1) is 25.1. The van der Waals surface area contributed by atoms with Crippen molar-refractivity contribution in [1.82, 2.24) is 20.4 Å². The summed E-state index contributed by atoms with van der Waals surface area (Å²) in [6.07, 6.45) is 2.52. The number of hydrogen-bond donors (Lipinski definition) is 1. The van der Waals surface area contributed by atoms with Crippen molar-refractivity contribution in [2.45, 2.75) is 51.3 Å². The van der Waals surface area contributed by atoms with Gasteiger partial charge in [0.25, 0.3) is 0 Å². The predicted octanol–water partition coefficient (Wildman–Crippen LogP) is 4.38. The SMILES string of the molecule is COc1ccc(-c2noc(CN3CCCC(C(=O)NC4CC(C)(C)Oc5ccccc54)C3)n2)cc1OC. The summed E-state index contributed by atoms with van der Waals surface area (Å²) >= 11 is 0. The normalized spacial score (nSPS) is 21.0. The third-order valence-corrected chi connectivity index (χ3v) is 7.04. The van der Waals surface area contributed by atoms with Crippen LogP contribution < -0.4 is 19.5 Å². The minimum Gasteiger partial charge on any atom is -0.493 e. The lowest BCUT2D eigenvalue weighted by Crippen LogP contribution is -2.46. The van der Waals surface area contributed by atoms with Gasteiger partial charge in [0.1, 0.15) is 11.4 Å². The minimum atomic E-state index is -0.339. The second-order valence-corrected chi connectivity index (χ2v) is 10.3. The quantitative estimate of drug-likeness (QED) is 0.504. The molecule has 0 bridgehead atoms. The summed E-state index contributed by atoms with van der Waals surface area (Å²) in [6.45, 7) is 6.15. The highest BCUT2D eigenvalue weighted by Crippen LogP contribution is 2.39. The van der Waals surface area contributed by atoms with Crippen molar-refractivity contribution in [2.75, 3.05) is 27.3 Å². The van der Waals surface area contributed by atoms with Crippen LogP contribution in [-0.4, -0.2) is 53.9 Å². The van der Waals surface area contributed by atoms with Gasteiger partial charge in [-0.3, -0.25) is 9.69 Å². The Bertz CT molecular complexity index is 1260. The van der Waals surface area contributed by atoms with Gasteiger partial charge in [-0.2, -0.15) is 4.98 Å². The zero-order valence-corrected chi connectivity index (χ0v) is 21.8. The monoisotopic (exact) mass is 506 g/mol. The molecule has 3 aromatic rings. The van der Waals surface area contributed by atoms with E-state index in [9.17, 15) is 4.79 Å². The van der Waals surface area contributed by atoms with E-state index >= 15 is 0 Å². The summed E-state index contributed by atoms with van der Waals surface area (Å²) in [5, 5.41) is 7.46. The maximum Gasteiger partial charge on any atom is 0.241 e. The molecule has 5 rings (SSSR count). The van der Waals surface area contributed by atoms with Gasteiger partial charge in [0.05, 0.1) is 32.7 Å². The van der Waals surface area contributed by atoms with Crippen molar-refractivity contribution < 1.29 is 23.5 Å². The number of likely N-dealkylation sites (tertiary alicyclic amines) is 1. The predicted molar refractivity (Wildman–Crippen MR) is 137 cm³/mol. The van der Waals surface area contributed by atoms with E-state index in [-0.39, 0.29) is 23.5 Å². The average Bonchev–Trinajstić information content (AvgIpc) is 3.36. The standard InChI is InChI=1S/C28H34N4O5/c1-28(2)15-21(20-9-5-6-10-22(20)36-28)29-27(33)19-8-7-13-32(16-19)17-25-30-26(31-37-25)18-11-12-23(34-3)24(14-18)35-4/h5-6,9-12,14,19,21H,7-8,13,15-17H2,1-4H3,(H,29,33). The number of fused-ring (bicyclic) bond motifs is 1. The number of carbonyl (C=O) groups is 1. The largest absolute Gasteiger partial charge is 0.493 e. The van der Waals surface area contributed by atoms with Crippen LogP contribution in [0.4, 0.5) is 0 Å². The van der Waals surface area contributed by atoms with Gasteiger partial charge in [-0.1, -0.05) is 23.4 Å². The van der Waals surface area contributed by atoms with E-state index in [1.54, 1.807) is 14.2 Å². The highest BCUT2D eigenvalue weighted by molar-refractivity contribution is 5.79. The molecule has 0 radical (unpaired) electrons. The second-order valence-electron chi connectivity index (χ2n) is 10.3. The van der Waals surface area contributed by atoms with Crippen molar-refractivity contribution >= 4 is 5.91 Å². The van der Waals surface area contributed by atoms with Gasteiger partial charge in [-0.05, 0) is 57.5 Å². The van der Waals surface area contributed by atoms with E-state index in [1.807, 2.05) is 42.5 Å². The summed E-state index contributed by atoms with van der Waals surface area (Å²) in [6, 6.07) is 13.4. The molecule has 2 atom stereocenters. The molecular formula is C28H34N4O5. The zero-order chi connectivity index (χ0) is 26.0. The molecule has 1 N–H and O–H groups in total. The smallest absolute Gasteiger partial charge is 0.241 e. The van der Waals surface area contributed by atoms with Gasteiger partial charge < -0.3 is 24.1 Å². The van der Waals surface area contributed by atoms with E-state index < -0.39 is 0 Å². The van der Waals surface area contributed by atoms with Gasteiger partial charge in [-0.15, -0.1) is 0 Å². The summed E-state index contributed by atoms with van der Waals surface area (Å²) in [5.74, 6) is 3.08. The van der Waals surface area contributed by atoms with Crippen LogP contribution in [0.3, 0.4) is 0 Å². The fraction of sp³-hybridized carbons (Fsp3) is 0.464. The first-order chi connectivity index (χ1) is 17.8. The van der Waals surface area contributed by atoms with Crippen LogP contribution in [0.2, 0.25) is 0 Å². The van der Waals surface area contributed by atoms with E-state index in [2.05, 4.69) is 34.2 Å². The lowest BCUT2D eigenvalue weighted by atomic mass is 9.88. The van der Waals surface area contributed by atoms with E-state index in [0.717, 1.165) is 42.7 Å². The van der Waals surface area contributed by atoms with Crippen molar-refractivity contribution in [3.8, 4) is 28.6 Å². The molecule has 0 saturated carbocycles. The fourth-order valence-electron chi connectivity index (χ4n) is 5.24. The van der Waals surface area contributed by atoms with E-state index in [1.165, 1.54) is 0 Å². The topological polar surface area (TPSA) is 99.0 Å². The molecule has 37 heavy (non-hydrogen) atoms. The Hall–Kier alpha value is -3.59. The van der Waals surface area contributed by atoms with Crippen LogP contribution >= 0.6 is 0 Å². The van der Waals surface area contributed by atoms with Gasteiger partial charge in [-0.25, -0.2) is 0 Å². The van der Waals surface area contributed by atoms with Gasteiger partial charge in [0, 0.05) is 24.1 Å². The van der Waals surface area contributed by atoms with E-state index in [4.69, 9.17) is 18.7 Å². The number of methoxy groups -OCH3 is 2. The molecule has 2 aliphatic rings. The first-order valence-electron chi connectivity index (χ1n) is 12.7. The molecule has 1 saturated heterocycles. The molecule has 9 heteroatoms. The molecule has 3 heterocycles. The summed E-state index contributed by atoms with van der Waals surface area (Å²) in [7, 11) is 3.19. The molecule has 2 aliphatic heterocycles. The van der Waals surface area contributed by atoms with Crippen LogP contribution in [0, 0.1) is 5.92 Å². The maximum atomic E-state index is 13.3. The number of benzene rings is 2. The van der Waals surface area contributed by atoms with Gasteiger partial charge >= 0.3 is 0 Å². The number of amides is 1. The number of para-hydroxylation sites is 1. The first-order valence-corrected chi connectivity index (χ1v) is 12.7. The Morgan fingerprint density at radius 2 is 1.97 bits per heavy atom. The summed E-state index contributed by atoms with van der Waals surface area (Å²) in [5.41, 5.74) is 1.48. The molecule has 9 nitrogen and oxygen atoms in total. The highest BCUT2D eigenvalue weighted by atomic mass is 16.5. The van der Waals surface area contributed by atoms with E-state index in [0.29, 0.717) is 36.3 Å². The van der Waals surface area contributed by atoms with Crippen molar-refractivity contribution in [3.05, 3.63) is 53.9 Å². The Morgan fingerprint density at radius 1 is 1.16 bits per heavy atom. The molecule has 0 aliphatic carbocycles. The molecule has 0 spiro atoms. The van der Waals surface area contributed by atoms with Crippen LogP contribution in [0.25, 0.3) is 11.4 Å². The lowest BCUT2D eigenvalue weighted by molar-refractivity contribution is -0.128. The maximum absolute atomic E-state index is 13.3. The molecule has 1 fully saturated rings. The van der Waals surface area contributed by atoms with Crippen LogP contribution in [0.5, 0.6) is 17.2 Å². The molecular weight excluding hydrogens is 472 g/mol. The van der Waals surface area contributed by atoms with Crippen LogP contribution in [0.15, 0.2) is 47.0 Å². The molecule has 2 unspecified atom stereocenters. The Labute approximate surface area is 217 Å². The average molecular weight is 507 g/mol. The number of nitrogens with one attached hydrogen (secondary N) is 1. The Kier molecular flexibility index (Phi) is 7.06. The Morgan fingerprint density at radius 3 is 2.78 bits per heavy atom. The summed E-state index contributed by atoms with van der Waals surface area (Å²) < 4.78 is 22.3. The number of carbonyl (C=O) groups excluding carboxylic acids is 1. The third-order valence-electron chi connectivity index (χ3n) is 7.04. The zero-order valence-electron chi connectivity index (χ0n) is 21.8. The third kappa shape index (κ3) is 5.56. The highest BCUT2D eigenvalue weighted by Gasteiger charge is 2.36. The minimum absolute atomic E-state index is 0.0668. The van der Waals surface area contributed by atoms with Crippen molar-refractivity contribution in [1.29, 1.82) is 0 Å². The number of rotatable bonds is 7. The van der Waals surface area contributed by atoms with Crippen molar-refractivity contribution in [3.63, 3.8) is 0 Å². The molecule has 2 aromatic carbocycles. The second kappa shape index (κ2) is 10.4. The number of piperidine rings is 1. The molecule has 1 amide bonds. The number of nitrogens with zero attached hydrogens (tertiary/aromatic N) is 3. The summed E-state index contributed by atoms with van der Waals surface area (Å²) in [4.78, 5) is 20.1. The Balaban J connectivity index is 1.22. The van der Waals surface area contributed by atoms with Gasteiger partial charge in [0.2, 0.25) is 17.6 Å². The number of hydrogen-bond acceptors (Lipinski definition) is 8. The molecule has 196 valence electrons. The molecule has 1 aromatic heterocycles. The number of aromatic nitrogens is 2. The van der Waals surface area contributed by atoms with Crippen LogP contribution in [0.1, 0.15) is 50.6 Å². The number of ether oxygens (including phenoxy) is 3. The fourth-order valence-corrected chi connectivity index (χ4v) is 5.24. The van der Waals surface area contributed by atoms with Crippen molar-refractivity contribution in [2.24, 2.45) is 5.92 Å².